The van der Waals surface area contributed by atoms with Gasteiger partial charge in [0.25, 0.3) is 0 Å². The largest absolute Gasteiger partial charge is 0.493 e. The molecule has 0 aliphatic heterocycles. The van der Waals surface area contributed by atoms with E-state index in [9.17, 15) is 4.79 Å². The first-order valence-electron chi connectivity index (χ1n) is 7.38. The molecule has 1 aromatic carbocycles. The van der Waals surface area contributed by atoms with Crippen LogP contribution in [0.5, 0.6) is 5.75 Å². The van der Waals surface area contributed by atoms with E-state index in [4.69, 9.17) is 9.84 Å². The van der Waals surface area contributed by atoms with Gasteiger partial charge in [-0.15, -0.1) is 0 Å². The molecule has 0 aromatic heterocycles. The van der Waals surface area contributed by atoms with Crippen LogP contribution in [0, 0.1) is 5.92 Å². The maximum absolute atomic E-state index is 11.5. The van der Waals surface area contributed by atoms with E-state index in [0.29, 0.717) is 19.1 Å². The van der Waals surface area contributed by atoms with Crippen LogP contribution >= 0.6 is 0 Å². The summed E-state index contributed by atoms with van der Waals surface area (Å²) in [5.74, 6) is 1.38. The first-order chi connectivity index (χ1) is 10.0. The Bertz CT molecular complexity index is 418. The Hall–Kier alpha value is -1.75. The summed E-state index contributed by atoms with van der Waals surface area (Å²) in [4.78, 5) is 11.5. The van der Waals surface area contributed by atoms with E-state index in [1.54, 1.807) is 6.92 Å². The highest BCUT2D eigenvalue weighted by molar-refractivity contribution is 5.74. The third kappa shape index (κ3) is 7.56. The van der Waals surface area contributed by atoms with Crippen molar-refractivity contribution in [2.24, 2.45) is 5.92 Å². The van der Waals surface area contributed by atoms with Gasteiger partial charge in [0.1, 0.15) is 5.75 Å². The molecule has 1 rings (SSSR count). The zero-order valence-corrected chi connectivity index (χ0v) is 13.1. The number of urea groups is 1. The van der Waals surface area contributed by atoms with Gasteiger partial charge in [-0.05, 0) is 37.0 Å². The first-order valence-corrected chi connectivity index (χ1v) is 7.38. The number of ether oxygens (including phenoxy) is 1. The number of hydrogen-bond acceptors (Lipinski definition) is 3. The van der Waals surface area contributed by atoms with Crippen molar-refractivity contribution in [2.75, 3.05) is 19.8 Å². The Morgan fingerprint density at radius 2 is 1.90 bits per heavy atom. The van der Waals surface area contributed by atoms with Crippen molar-refractivity contribution < 1.29 is 14.6 Å². The monoisotopic (exact) mass is 294 g/mol. The molecule has 0 fully saturated rings. The highest BCUT2D eigenvalue weighted by atomic mass is 16.5. The summed E-state index contributed by atoms with van der Waals surface area (Å²) in [5.41, 5.74) is 1.14. The van der Waals surface area contributed by atoms with Gasteiger partial charge >= 0.3 is 6.03 Å². The van der Waals surface area contributed by atoms with E-state index in [1.807, 2.05) is 24.3 Å². The van der Waals surface area contributed by atoms with Gasteiger partial charge in [0.2, 0.25) is 0 Å². The van der Waals surface area contributed by atoms with E-state index in [-0.39, 0.29) is 18.7 Å². The van der Waals surface area contributed by atoms with Crippen LogP contribution < -0.4 is 15.4 Å². The fraction of sp³-hybridized carbons (Fsp3) is 0.562. The summed E-state index contributed by atoms with van der Waals surface area (Å²) in [5, 5.41) is 14.2. The van der Waals surface area contributed by atoms with Gasteiger partial charge in [0.15, 0.2) is 0 Å². The van der Waals surface area contributed by atoms with Crippen LogP contribution in [0.25, 0.3) is 0 Å². The van der Waals surface area contributed by atoms with E-state index < -0.39 is 0 Å². The molecule has 0 heterocycles. The fourth-order valence-corrected chi connectivity index (χ4v) is 1.66. The summed E-state index contributed by atoms with van der Waals surface area (Å²) < 4.78 is 5.62. The van der Waals surface area contributed by atoms with Crippen molar-refractivity contribution in [3.05, 3.63) is 29.8 Å². The lowest BCUT2D eigenvalue weighted by atomic mass is 10.1. The van der Waals surface area contributed by atoms with Crippen molar-refractivity contribution in [2.45, 2.75) is 33.2 Å². The minimum Gasteiger partial charge on any atom is -0.493 e. The first kappa shape index (κ1) is 17.3. The van der Waals surface area contributed by atoms with Crippen molar-refractivity contribution in [3.63, 3.8) is 0 Å². The smallest absolute Gasteiger partial charge is 0.315 e. The number of aliphatic hydroxyl groups is 1. The predicted molar refractivity (Wildman–Crippen MR) is 83.6 cm³/mol. The quantitative estimate of drug-likeness (QED) is 0.686. The number of carbonyl (C=O) groups is 1. The Labute approximate surface area is 126 Å². The van der Waals surface area contributed by atoms with E-state index in [2.05, 4.69) is 24.5 Å². The second-order valence-electron chi connectivity index (χ2n) is 5.58. The lowest BCUT2D eigenvalue weighted by Gasteiger charge is -2.12. The van der Waals surface area contributed by atoms with Gasteiger partial charge in [0.05, 0.1) is 19.3 Å². The van der Waals surface area contributed by atoms with Crippen LogP contribution in [0.15, 0.2) is 24.3 Å². The zero-order chi connectivity index (χ0) is 15.7. The molecule has 0 saturated carbocycles. The molecule has 0 aliphatic rings. The molecule has 0 saturated heterocycles. The molecule has 0 bridgehead atoms. The Morgan fingerprint density at radius 3 is 2.48 bits per heavy atom. The molecule has 3 N–H and O–H groups in total. The Kier molecular flexibility index (Phi) is 7.61. The van der Waals surface area contributed by atoms with Gasteiger partial charge in [-0.25, -0.2) is 4.79 Å². The van der Waals surface area contributed by atoms with Crippen LogP contribution in [0.4, 0.5) is 4.79 Å². The second kappa shape index (κ2) is 9.23. The van der Waals surface area contributed by atoms with Crippen molar-refractivity contribution >= 4 is 6.03 Å². The Morgan fingerprint density at radius 1 is 1.24 bits per heavy atom. The number of benzene rings is 1. The molecular weight excluding hydrogens is 268 g/mol. The van der Waals surface area contributed by atoms with Crippen LogP contribution in [-0.2, 0) is 6.42 Å². The van der Waals surface area contributed by atoms with Crippen molar-refractivity contribution in [1.82, 2.24) is 10.6 Å². The van der Waals surface area contributed by atoms with Gasteiger partial charge < -0.3 is 20.5 Å². The molecule has 0 radical (unpaired) electrons. The highest BCUT2D eigenvalue weighted by Crippen LogP contribution is 2.13. The summed E-state index contributed by atoms with van der Waals surface area (Å²) in [7, 11) is 0. The lowest BCUT2D eigenvalue weighted by Crippen LogP contribution is -2.42. The molecule has 5 nitrogen and oxygen atoms in total. The number of hydrogen-bond donors (Lipinski definition) is 3. The number of aliphatic hydroxyl groups excluding tert-OH is 1. The molecule has 1 aromatic rings. The zero-order valence-electron chi connectivity index (χ0n) is 13.1. The van der Waals surface area contributed by atoms with Crippen LogP contribution in [0.1, 0.15) is 26.3 Å². The predicted octanol–water partition coefficient (Wildman–Crippen LogP) is 1.94. The minimum atomic E-state index is -0.256. The molecule has 1 unspecified atom stereocenters. The third-order valence-electron chi connectivity index (χ3n) is 2.86. The number of nitrogens with one attached hydrogen (secondary N) is 2. The Balaban J connectivity index is 2.28. The maximum Gasteiger partial charge on any atom is 0.315 e. The average molecular weight is 294 g/mol. The van der Waals surface area contributed by atoms with E-state index >= 15 is 0 Å². The molecular formula is C16H26N2O3. The maximum atomic E-state index is 11.5. The minimum absolute atomic E-state index is 0.0642. The second-order valence-corrected chi connectivity index (χ2v) is 5.58. The fourth-order valence-electron chi connectivity index (χ4n) is 1.66. The highest BCUT2D eigenvalue weighted by Gasteiger charge is 2.04. The molecule has 0 aliphatic carbocycles. The molecule has 21 heavy (non-hydrogen) atoms. The average Bonchev–Trinajstić information content (AvgIpc) is 2.46. The third-order valence-corrected chi connectivity index (χ3v) is 2.86. The summed E-state index contributed by atoms with van der Waals surface area (Å²) in [6.45, 7) is 7.17. The van der Waals surface area contributed by atoms with Crippen LogP contribution in [0.2, 0.25) is 0 Å². The van der Waals surface area contributed by atoms with Crippen molar-refractivity contribution in [3.8, 4) is 5.75 Å². The molecule has 1 atom stereocenters. The molecule has 0 spiro atoms. The SMILES string of the molecule is CC(C)COc1ccc(CCNC(=O)NC(C)CO)cc1. The van der Waals surface area contributed by atoms with E-state index in [0.717, 1.165) is 17.7 Å². The van der Waals surface area contributed by atoms with Crippen molar-refractivity contribution in [1.29, 1.82) is 0 Å². The van der Waals surface area contributed by atoms with Crippen LogP contribution in [-0.4, -0.2) is 36.9 Å². The van der Waals surface area contributed by atoms with Crippen LogP contribution in [0.3, 0.4) is 0 Å². The standard InChI is InChI=1S/C16H26N2O3/c1-12(2)11-21-15-6-4-14(5-7-15)8-9-17-16(20)18-13(3)10-19/h4-7,12-13,19H,8-11H2,1-3H3,(H2,17,18,20). The van der Waals surface area contributed by atoms with Gasteiger partial charge in [0, 0.05) is 6.54 Å². The topological polar surface area (TPSA) is 70.6 Å². The summed E-state index contributed by atoms with van der Waals surface area (Å²) in [6, 6.07) is 7.42. The summed E-state index contributed by atoms with van der Waals surface area (Å²) in [6.07, 6.45) is 0.755. The summed E-state index contributed by atoms with van der Waals surface area (Å²) >= 11 is 0. The van der Waals surface area contributed by atoms with Gasteiger partial charge in [-0.2, -0.15) is 0 Å². The normalized spacial score (nSPS) is 12.0. The number of carbonyl (C=O) groups excluding carboxylic acids is 1. The van der Waals surface area contributed by atoms with E-state index in [1.165, 1.54) is 0 Å². The molecule has 2 amide bonds. The number of amides is 2. The lowest BCUT2D eigenvalue weighted by molar-refractivity contribution is 0.220. The van der Waals surface area contributed by atoms with Gasteiger partial charge in [-0.1, -0.05) is 26.0 Å². The molecule has 5 heteroatoms. The van der Waals surface area contributed by atoms with Gasteiger partial charge in [-0.3, -0.25) is 0 Å². The number of rotatable bonds is 8. The molecule has 118 valence electrons.